The topological polar surface area (TPSA) is 26.3 Å². The number of rotatable bonds is 14. The smallest absolute Gasteiger partial charge is 0.123 e. The molecule has 2 aromatic rings. The number of benzene rings is 2. The summed E-state index contributed by atoms with van der Waals surface area (Å²) >= 11 is 3.54. The molecular formula is C25H33BrO2. The zero-order valence-electron chi connectivity index (χ0n) is 16.9. The second kappa shape index (κ2) is 13.7. The van der Waals surface area contributed by atoms with Gasteiger partial charge in [0.1, 0.15) is 6.29 Å². The van der Waals surface area contributed by atoms with Crippen molar-refractivity contribution in [3.8, 4) is 0 Å². The molecule has 0 amide bonds. The SMILES string of the molecule is CC(CCBr)C[C@H](COCc1ccccc1)C(C=O)CCCc1ccccc1. The number of aldehydes is 1. The third kappa shape index (κ3) is 8.70. The summed E-state index contributed by atoms with van der Waals surface area (Å²) in [5, 5.41) is 1.01. The van der Waals surface area contributed by atoms with E-state index in [1.807, 2.05) is 24.3 Å². The van der Waals surface area contributed by atoms with Crippen molar-refractivity contribution in [1.29, 1.82) is 0 Å². The molecular weight excluding hydrogens is 412 g/mol. The van der Waals surface area contributed by atoms with Gasteiger partial charge in [0, 0.05) is 11.2 Å². The van der Waals surface area contributed by atoms with Crippen molar-refractivity contribution in [3.05, 3.63) is 71.8 Å². The van der Waals surface area contributed by atoms with Gasteiger partial charge in [-0.1, -0.05) is 83.5 Å². The minimum absolute atomic E-state index is 0.0669. The van der Waals surface area contributed by atoms with Crippen molar-refractivity contribution in [1.82, 2.24) is 0 Å². The molecule has 3 atom stereocenters. The lowest BCUT2D eigenvalue weighted by Gasteiger charge is -2.26. The van der Waals surface area contributed by atoms with E-state index in [0.29, 0.717) is 19.1 Å². The number of aryl methyl sites for hydroxylation is 1. The Balaban J connectivity index is 1.89. The van der Waals surface area contributed by atoms with Crippen LogP contribution in [0.1, 0.15) is 43.7 Å². The summed E-state index contributed by atoms with van der Waals surface area (Å²) in [4.78, 5) is 11.9. The van der Waals surface area contributed by atoms with Gasteiger partial charge in [-0.3, -0.25) is 0 Å². The van der Waals surface area contributed by atoms with Gasteiger partial charge in [0.05, 0.1) is 13.2 Å². The molecule has 0 aliphatic rings. The van der Waals surface area contributed by atoms with Crippen molar-refractivity contribution in [3.63, 3.8) is 0 Å². The molecule has 2 rings (SSSR count). The maximum atomic E-state index is 11.9. The van der Waals surface area contributed by atoms with E-state index in [2.05, 4.69) is 59.3 Å². The lowest BCUT2D eigenvalue weighted by Crippen LogP contribution is -2.24. The van der Waals surface area contributed by atoms with E-state index in [9.17, 15) is 4.79 Å². The Morgan fingerprint density at radius 2 is 1.61 bits per heavy atom. The van der Waals surface area contributed by atoms with Crippen LogP contribution < -0.4 is 0 Å². The second-order valence-electron chi connectivity index (χ2n) is 7.76. The Labute approximate surface area is 178 Å². The molecule has 0 aliphatic heterocycles. The maximum Gasteiger partial charge on any atom is 0.123 e. The van der Waals surface area contributed by atoms with Gasteiger partial charge in [-0.25, -0.2) is 0 Å². The third-order valence-corrected chi connectivity index (χ3v) is 5.83. The van der Waals surface area contributed by atoms with Crippen LogP contribution >= 0.6 is 15.9 Å². The summed E-state index contributed by atoms with van der Waals surface area (Å²) in [6.45, 7) is 3.54. The minimum Gasteiger partial charge on any atom is -0.376 e. The van der Waals surface area contributed by atoms with E-state index >= 15 is 0 Å². The highest BCUT2D eigenvalue weighted by Gasteiger charge is 2.23. The molecule has 2 unspecified atom stereocenters. The number of halogens is 1. The predicted molar refractivity (Wildman–Crippen MR) is 121 cm³/mol. The third-order valence-electron chi connectivity index (χ3n) is 5.38. The number of hydrogen-bond acceptors (Lipinski definition) is 2. The summed E-state index contributed by atoms with van der Waals surface area (Å²) in [6.07, 6.45) is 6.33. The summed E-state index contributed by atoms with van der Waals surface area (Å²) in [6, 6.07) is 20.8. The molecule has 0 aliphatic carbocycles. The van der Waals surface area contributed by atoms with Crippen LogP contribution in [0.2, 0.25) is 0 Å². The second-order valence-corrected chi connectivity index (χ2v) is 8.55. The highest BCUT2D eigenvalue weighted by atomic mass is 79.9. The van der Waals surface area contributed by atoms with E-state index in [1.54, 1.807) is 0 Å². The largest absolute Gasteiger partial charge is 0.376 e. The van der Waals surface area contributed by atoms with Gasteiger partial charge in [-0.2, -0.15) is 0 Å². The number of carbonyl (C=O) groups is 1. The molecule has 0 radical (unpaired) electrons. The molecule has 2 nitrogen and oxygen atoms in total. The maximum absolute atomic E-state index is 11.9. The van der Waals surface area contributed by atoms with Crippen LogP contribution in [0.3, 0.4) is 0 Å². The van der Waals surface area contributed by atoms with Crippen LogP contribution in [0.4, 0.5) is 0 Å². The summed E-state index contributed by atoms with van der Waals surface area (Å²) in [5.74, 6) is 0.935. The fraction of sp³-hybridized carbons (Fsp3) is 0.480. The molecule has 3 heteroatoms. The van der Waals surface area contributed by atoms with Crippen LogP contribution in [0, 0.1) is 17.8 Å². The molecule has 152 valence electrons. The predicted octanol–water partition coefficient (Wildman–Crippen LogP) is 6.47. The summed E-state index contributed by atoms with van der Waals surface area (Å²) < 4.78 is 6.04. The first-order valence-electron chi connectivity index (χ1n) is 10.4. The number of hydrogen-bond donors (Lipinski definition) is 0. The van der Waals surface area contributed by atoms with Crippen LogP contribution in [-0.4, -0.2) is 18.2 Å². The van der Waals surface area contributed by atoms with Gasteiger partial charge in [-0.15, -0.1) is 0 Å². The monoisotopic (exact) mass is 444 g/mol. The first kappa shape index (κ1) is 22.8. The van der Waals surface area contributed by atoms with Crippen LogP contribution in [0.15, 0.2) is 60.7 Å². The number of ether oxygens (including phenoxy) is 1. The van der Waals surface area contributed by atoms with E-state index in [0.717, 1.165) is 37.4 Å². The molecule has 0 aromatic heterocycles. The Bertz CT molecular complexity index is 644. The van der Waals surface area contributed by atoms with Gasteiger partial charge < -0.3 is 9.53 Å². The highest BCUT2D eigenvalue weighted by Crippen LogP contribution is 2.27. The van der Waals surface area contributed by atoms with Crippen molar-refractivity contribution >= 4 is 22.2 Å². The molecule has 0 fully saturated rings. The van der Waals surface area contributed by atoms with Crippen LogP contribution in [-0.2, 0) is 22.6 Å². The fourth-order valence-corrected chi connectivity index (χ4v) is 4.47. The van der Waals surface area contributed by atoms with E-state index < -0.39 is 0 Å². The number of alkyl halides is 1. The van der Waals surface area contributed by atoms with Crippen LogP contribution in [0.5, 0.6) is 0 Å². The minimum atomic E-state index is 0.0669. The lowest BCUT2D eigenvalue weighted by molar-refractivity contribution is -0.114. The average Bonchev–Trinajstić information content (AvgIpc) is 2.72. The highest BCUT2D eigenvalue weighted by molar-refractivity contribution is 9.09. The first-order chi connectivity index (χ1) is 13.7. The molecule has 0 spiro atoms. The standard InChI is InChI=1S/C25H33BrO2/c1-21(15-16-26)17-25(20-28-19-23-11-6-3-7-12-23)24(18-27)14-8-13-22-9-4-2-5-10-22/h2-7,9-12,18,21,24-25H,8,13-17,19-20H2,1H3/t21?,24?,25-/m1/s1. The summed E-state index contributed by atoms with van der Waals surface area (Å²) in [7, 11) is 0. The van der Waals surface area contributed by atoms with Gasteiger partial charge in [0.25, 0.3) is 0 Å². The van der Waals surface area contributed by atoms with E-state index in [4.69, 9.17) is 4.74 Å². The Morgan fingerprint density at radius 1 is 0.964 bits per heavy atom. The Kier molecular flexibility index (Phi) is 11.2. The summed E-state index contributed by atoms with van der Waals surface area (Å²) in [5.41, 5.74) is 2.53. The first-order valence-corrected chi connectivity index (χ1v) is 11.5. The molecule has 0 saturated heterocycles. The zero-order valence-corrected chi connectivity index (χ0v) is 18.5. The Morgan fingerprint density at radius 3 is 2.21 bits per heavy atom. The zero-order chi connectivity index (χ0) is 20.0. The molecule has 0 N–H and O–H groups in total. The van der Waals surface area contributed by atoms with Gasteiger partial charge in [-0.05, 0) is 55.1 Å². The van der Waals surface area contributed by atoms with Crippen molar-refractivity contribution in [2.45, 2.75) is 45.6 Å². The van der Waals surface area contributed by atoms with Gasteiger partial charge in [0.15, 0.2) is 0 Å². The fourth-order valence-electron chi connectivity index (χ4n) is 3.69. The van der Waals surface area contributed by atoms with Gasteiger partial charge in [0.2, 0.25) is 0 Å². The quantitative estimate of drug-likeness (QED) is 0.246. The average molecular weight is 445 g/mol. The molecule has 0 bridgehead atoms. The molecule has 0 saturated carbocycles. The van der Waals surface area contributed by atoms with Crippen molar-refractivity contribution < 1.29 is 9.53 Å². The van der Waals surface area contributed by atoms with Crippen molar-refractivity contribution in [2.24, 2.45) is 17.8 Å². The molecule has 2 aromatic carbocycles. The normalized spacial score (nSPS) is 14.4. The Hall–Kier alpha value is -1.45. The van der Waals surface area contributed by atoms with E-state index in [-0.39, 0.29) is 11.8 Å². The van der Waals surface area contributed by atoms with Crippen LogP contribution in [0.25, 0.3) is 0 Å². The van der Waals surface area contributed by atoms with E-state index in [1.165, 1.54) is 17.4 Å². The molecule has 0 heterocycles. The number of carbonyl (C=O) groups excluding carboxylic acids is 1. The molecule has 28 heavy (non-hydrogen) atoms. The lowest BCUT2D eigenvalue weighted by atomic mass is 9.82. The van der Waals surface area contributed by atoms with Crippen molar-refractivity contribution in [2.75, 3.05) is 11.9 Å². The van der Waals surface area contributed by atoms with Gasteiger partial charge >= 0.3 is 0 Å².